The number of nitrogens with two attached hydrogens (primary N) is 1. The van der Waals surface area contributed by atoms with Crippen LogP contribution in [-0.2, 0) is 14.3 Å². The maximum absolute atomic E-state index is 12.7. The molecule has 0 aromatic heterocycles. The fraction of sp³-hybridized carbons (Fsp3) is 0.333. The lowest BCUT2D eigenvalue weighted by Crippen LogP contribution is -2.63. The lowest BCUT2D eigenvalue weighted by atomic mass is 9.86. The fourth-order valence-electron chi connectivity index (χ4n) is 3.52. The normalized spacial score (nSPS) is 15.1. The Hall–Kier alpha value is -2.66. The maximum Gasteiger partial charge on any atom is 0.336 e. The van der Waals surface area contributed by atoms with Crippen LogP contribution >= 0.6 is 0 Å². The fourth-order valence-corrected chi connectivity index (χ4v) is 3.52. The lowest BCUT2D eigenvalue weighted by Gasteiger charge is -2.29. The number of likely N-dealkylation sites (N-methyl/N-ethyl adjacent to an activating group) is 1. The number of carbonyl (C=O) groups excluding carboxylic acids is 2. The first-order chi connectivity index (χ1) is 12.4. The van der Waals surface area contributed by atoms with Crippen LogP contribution < -0.4 is 11.1 Å². The van der Waals surface area contributed by atoms with Crippen LogP contribution in [0.5, 0.6) is 0 Å². The molecule has 1 atom stereocenters. The lowest BCUT2D eigenvalue weighted by molar-refractivity contribution is -0.157. The van der Waals surface area contributed by atoms with Crippen molar-refractivity contribution in [2.24, 2.45) is 11.7 Å². The molecule has 0 heterocycles. The molecular weight excluding hydrogens is 328 g/mol. The number of ether oxygens (including phenoxy) is 1. The number of esters is 1. The third-order valence-corrected chi connectivity index (χ3v) is 5.19. The molecule has 1 aliphatic rings. The summed E-state index contributed by atoms with van der Waals surface area (Å²) >= 11 is 0. The molecule has 0 saturated heterocycles. The first-order valence-corrected chi connectivity index (χ1v) is 8.77. The van der Waals surface area contributed by atoms with Gasteiger partial charge in [0.15, 0.2) is 5.54 Å². The first-order valence-electron chi connectivity index (χ1n) is 8.77. The molecule has 1 aliphatic carbocycles. The Morgan fingerprint density at radius 1 is 1.08 bits per heavy atom. The average Bonchev–Trinajstić information content (AvgIpc) is 2.98. The summed E-state index contributed by atoms with van der Waals surface area (Å²) < 4.78 is 5.56. The van der Waals surface area contributed by atoms with Crippen LogP contribution in [0, 0.1) is 5.92 Å². The molecule has 0 fully saturated rings. The van der Waals surface area contributed by atoms with Gasteiger partial charge in [0, 0.05) is 13.0 Å². The van der Waals surface area contributed by atoms with Crippen LogP contribution in [0.2, 0.25) is 0 Å². The summed E-state index contributed by atoms with van der Waals surface area (Å²) in [4.78, 5) is 24.9. The number of hydrogen-bond acceptors (Lipinski definition) is 4. The third kappa shape index (κ3) is 2.78. The standard InChI is InChI=1S/C21H24N2O3/c1-13(2)21(22,19(24)23-3)20(25)26-12-18-16-10-6-4-8-14(16)15-9-5-7-11-17(15)18/h4-11,13,18H,12,22H2,1-3H3,(H,23,24). The van der Waals surface area contributed by atoms with Gasteiger partial charge in [-0.05, 0) is 28.2 Å². The Morgan fingerprint density at radius 3 is 2.04 bits per heavy atom. The molecule has 5 heteroatoms. The molecule has 0 bridgehead atoms. The van der Waals surface area contributed by atoms with Gasteiger partial charge >= 0.3 is 5.97 Å². The molecule has 0 spiro atoms. The summed E-state index contributed by atoms with van der Waals surface area (Å²) in [6.07, 6.45) is 0. The Labute approximate surface area is 153 Å². The predicted octanol–water partition coefficient (Wildman–Crippen LogP) is 2.44. The van der Waals surface area contributed by atoms with Crippen molar-refractivity contribution in [2.75, 3.05) is 13.7 Å². The van der Waals surface area contributed by atoms with Gasteiger partial charge < -0.3 is 15.8 Å². The molecular formula is C21H24N2O3. The second kappa shape index (κ2) is 6.92. The van der Waals surface area contributed by atoms with Crippen molar-refractivity contribution >= 4 is 11.9 Å². The van der Waals surface area contributed by atoms with Crippen molar-refractivity contribution in [1.82, 2.24) is 5.32 Å². The molecule has 0 aliphatic heterocycles. The Morgan fingerprint density at radius 2 is 1.58 bits per heavy atom. The number of hydrogen-bond donors (Lipinski definition) is 2. The van der Waals surface area contributed by atoms with Gasteiger partial charge in [-0.3, -0.25) is 4.79 Å². The SMILES string of the molecule is CNC(=O)C(N)(C(=O)OCC1c2ccccc2-c2ccccc21)C(C)C. The zero-order chi connectivity index (χ0) is 18.9. The second-order valence-electron chi connectivity index (χ2n) is 6.93. The summed E-state index contributed by atoms with van der Waals surface area (Å²) in [5, 5.41) is 2.46. The van der Waals surface area contributed by atoms with Crippen molar-refractivity contribution in [1.29, 1.82) is 0 Å². The molecule has 1 unspecified atom stereocenters. The van der Waals surface area contributed by atoms with E-state index in [1.54, 1.807) is 13.8 Å². The van der Waals surface area contributed by atoms with Gasteiger partial charge in [0.2, 0.25) is 0 Å². The number of amides is 1. The van der Waals surface area contributed by atoms with E-state index < -0.39 is 23.3 Å². The maximum atomic E-state index is 12.7. The Balaban J connectivity index is 1.86. The van der Waals surface area contributed by atoms with Crippen molar-refractivity contribution < 1.29 is 14.3 Å². The number of rotatable bonds is 5. The molecule has 3 rings (SSSR count). The van der Waals surface area contributed by atoms with E-state index in [1.807, 2.05) is 36.4 Å². The molecule has 26 heavy (non-hydrogen) atoms. The van der Waals surface area contributed by atoms with Gasteiger partial charge in [-0.25, -0.2) is 4.79 Å². The van der Waals surface area contributed by atoms with E-state index in [0.717, 1.165) is 22.3 Å². The summed E-state index contributed by atoms with van der Waals surface area (Å²) in [6.45, 7) is 3.61. The van der Waals surface area contributed by atoms with E-state index in [4.69, 9.17) is 10.5 Å². The van der Waals surface area contributed by atoms with Gasteiger partial charge in [0.25, 0.3) is 5.91 Å². The minimum Gasteiger partial charge on any atom is -0.463 e. The van der Waals surface area contributed by atoms with E-state index in [9.17, 15) is 9.59 Å². The number of carbonyl (C=O) groups is 2. The molecule has 2 aromatic rings. The van der Waals surface area contributed by atoms with E-state index >= 15 is 0 Å². The monoisotopic (exact) mass is 352 g/mol. The van der Waals surface area contributed by atoms with Gasteiger partial charge in [-0.1, -0.05) is 62.4 Å². The highest BCUT2D eigenvalue weighted by Gasteiger charge is 2.46. The summed E-state index contributed by atoms with van der Waals surface area (Å²) in [6, 6.07) is 16.2. The number of benzene rings is 2. The minimum atomic E-state index is -1.70. The molecule has 1 amide bonds. The Kier molecular flexibility index (Phi) is 4.83. The summed E-state index contributed by atoms with van der Waals surface area (Å²) in [7, 11) is 1.46. The van der Waals surface area contributed by atoms with E-state index in [0.29, 0.717) is 0 Å². The average molecular weight is 352 g/mol. The molecule has 5 nitrogen and oxygen atoms in total. The predicted molar refractivity (Wildman–Crippen MR) is 101 cm³/mol. The molecule has 3 N–H and O–H groups in total. The van der Waals surface area contributed by atoms with Crippen LogP contribution in [0.4, 0.5) is 0 Å². The largest absolute Gasteiger partial charge is 0.463 e. The number of nitrogens with one attached hydrogen (secondary N) is 1. The van der Waals surface area contributed by atoms with Crippen molar-refractivity contribution in [2.45, 2.75) is 25.3 Å². The van der Waals surface area contributed by atoms with E-state index in [1.165, 1.54) is 7.05 Å². The van der Waals surface area contributed by atoms with Gasteiger partial charge in [-0.15, -0.1) is 0 Å². The highest BCUT2D eigenvalue weighted by Crippen LogP contribution is 2.44. The second-order valence-corrected chi connectivity index (χ2v) is 6.93. The molecule has 0 radical (unpaired) electrons. The zero-order valence-corrected chi connectivity index (χ0v) is 15.3. The van der Waals surface area contributed by atoms with Gasteiger partial charge in [0.1, 0.15) is 6.61 Å². The van der Waals surface area contributed by atoms with Crippen LogP contribution in [0.3, 0.4) is 0 Å². The van der Waals surface area contributed by atoms with Crippen molar-refractivity contribution in [3.05, 3.63) is 59.7 Å². The number of fused-ring (bicyclic) bond motifs is 3. The van der Waals surface area contributed by atoms with Crippen molar-refractivity contribution in [3.63, 3.8) is 0 Å². The van der Waals surface area contributed by atoms with Crippen molar-refractivity contribution in [3.8, 4) is 11.1 Å². The minimum absolute atomic E-state index is 0.0625. The van der Waals surface area contributed by atoms with Crippen LogP contribution in [0.25, 0.3) is 11.1 Å². The topological polar surface area (TPSA) is 81.4 Å². The van der Waals surface area contributed by atoms with Gasteiger partial charge in [0.05, 0.1) is 0 Å². The quantitative estimate of drug-likeness (QED) is 0.640. The van der Waals surface area contributed by atoms with Gasteiger partial charge in [-0.2, -0.15) is 0 Å². The van der Waals surface area contributed by atoms with Crippen LogP contribution in [0.15, 0.2) is 48.5 Å². The first kappa shape index (κ1) is 18.1. The summed E-state index contributed by atoms with van der Waals surface area (Å²) in [5.41, 5.74) is 8.96. The highest BCUT2D eigenvalue weighted by molar-refractivity contribution is 6.07. The Bertz CT molecular complexity index is 801. The molecule has 0 saturated carbocycles. The molecule has 2 aromatic carbocycles. The van der Waals surface area contributed by atoms with E-state index in [-0.39, 0.29) is 12.5 Å². The molecule has 136 valence electrons. The van der Waals surface area contributed by atoms with Crippen LogP contribution in [0.1, 0.15) is 30.9 Å². The highest BCUT2D eigenvalue weighted by atomic mass is 16.5. The summed E-state index contributed by atoms with van der Waals surface area (Å²) in [5.74, 6) is -1.69. The van der Waals surface area contributed by atoms with Crippen LogP contribution in [-0.4, -0.2) is 31.1 Å². The smallest absolute Gasteiger partial charge is 0.336 e. The van der Waals surface area contributed by atoms with E-state index in [2.05, 4.69) is 17.4 Å². The zero-order valence-electron chi connectivity index (χ0n) is 15.3. The third-order valence-electron chi connectivity index (χ3n) is 5.19.